The average Bonchev–Trinajstić information content (AvgIpc) is 2.28. The first-order chi connectivity index (χ1) is 8.26. The maximum atomic E-state index is 5.10. The third-order valence-electron chi connectivity index (χ3n) is 2.42. The minimum atomic E-state index is 0.453. The first-order valence-corrected chi connectivity index (χ1v) is 6.50. The molecule has 1 aromatic heterocycles. The Morgan fingerprint density at radius 1 is 1.41 bits per heavy atom. The number of nitrogens with one attached hydrogen (secondary N) is 2. The number of ether oxygens (including phenoxy) is 1. The Bertz CT molecular complexity index is 378. The summed E-state index contributed by atoms with van der Waals surface area (Å²) >= 11 is 5.10. The summed E-state index contributed by atoms with van der Waals surface area (Å²) in [6.07, 6.45) is 5.00. The smallest absolute Gasteiger partial charge is 0.135 e. The predicted molar refractivity (Wildman–Crippen MR) is 72.8 cm³/mol. The highest BCUT2D eigenvalue weighted by Crippen LogP contribution is 2.06. The van der Waals surface area contributed by atoms with Crippen molar-refractivity contribution in [1.82, 2.24) is 9.97 Å². The number of nitrogens with zero attached hydrogens (tertiary/aromatic N) is 1. The molecule has 1 heterocycles. The second-order valence-corrected chi connectivity index (χ2v) is 4.42. The van der Waals surface area contributed by atoms with Gasteiger partial charge in [-0.05, 0) is 6.42 Å². The lowest BCUT2D eigenvalue weighted by atomic mass is 10.2. The van der Waals surface area contributed by atoms with Gasteiger partial charge in [0, 0.05) is 19.7 Å². The second-order valence-electron chi connectivity index (χ2n) is 4.00. The summed E-state index contributed by atoms with van der Waals surface area (Å²) < 4.78 is 5.62. The van der Waals surface area contributed by atoms with Crippen molar-refractivity contribution in [3.63, 3.8) is 0 Å². The molecule has 0 spiro atoms. The molecule has 1 rings (SSSR count). The normalized spacial score (nSPS) is 10.5. The molecule has 0 fully saturated rings. The molecule has 1 aromatic rings. The van der Waals surface area contributed by atoms with Crippen LogP contribution in [-0.2, 0) is 11.3 Å². The van der Waals surface area contributed by atoms with Crippen LogP contribution >= 0.6 is 12.2 Å². The maximum absolute atomic E-state index is 5.10. The maximum Gasteiger partial charge on any atom is 0.135 e. The Labute approximate surface area is 108 Å². The van der Waals surface area contributed by atoms with Gasteiger partial charge in [0.2, 0.25) is 0 Å². The number of rotatable bonds is 8. The molecule has 0 amide bonds. The Hall–Kier alpha value is -0.940. The molecule has 17 heavy (non-hydrogen) atoms. The Morgan fingerprint density at radius 2 is 2.24 bits per heavy atom. The van der Waals surface area contributed by atoms with Crippen LogP contribution in [0.4, 0.5) is 5.82 Å². The molecular weight excluding hydrogens is 234 g/mol. The third kappa shape index (κ3) is 5.79. The van der Waals surface area contributed by atoms with Crippen LogP contribution in [0.15, 0.2) is 6.07 Å². The van der Waals surface area contributed by atoms with E-state index in [0.717, 1.165) is 18.2 Å². The topological polar surface area (TPSA) is 49.9 Å². The molecule has 0 radical (unpaired) electrons. The number of hydrogen-bond acceptors (Lipinski definition) is 4. The van der Waals surface area contributed by atoms with Crippen molar-refractivity contribution in [3.05, 3.63) is 16.5 Å². The fourth-order valence-electron chi connectivity index (χ4n) is 1.58. The molecule has 0 unspecified atom stereocenters. The summed E-state index contributed by atoms with van der Waals surface area (Å²) in [7, 11) is 1.64. The SMILES string of the molecule is CCCCCCNc1cc(=S)nc(COC)[nH]1. The molecule has 0 aliphatic rings. The zero-order valence-electron chi connectivity index (χ0n) is 10.6. The summed E-state index contributed by atoms with van der Waals surface area (Å²) in [5.41, 5.74) is 0. The Morgan fingerprint density at radius 3 is 2.94 bits per heavy atom. The van der Waals surface area contributed by atoms with Crippen molar-refractivity contribution in [2.75, 3.05) is 19.0 Å². The summed E-state index contributed by atoms with van der Waals surface area (Å²) in [5.74, 6) is 1.68. The van der Waals surface area contributed by atoms with Crippen molar-refractivity contribution in [2.24, 2.45) is 0 Å². The molecule has 0 aromatic carbocycles. The van der Waals surface area contributed by atoms with Crippen molar-refractivity contribution >= 4 is 18.0 Å². The fraction of sp³-hybridized carbons (Fsp3) is 0.667. The van der Waals surface area contributed by atoms with Crippen molar-refractivity contribution in [3.8, 4) is 0 Å². The number of methoxy groups -OCH3 is 1. The lowest BCUT2D eigenvalue weighted by Gasteiger charge is -2.08. The zero-order chi connectivity index (χ0) is 12.5. The first-order valence-electron chi connectivity index (χ1n) is 6.09. The van der Waals surface area contributed by atoms with Gasteiger partial charge in [0.1, 0.15) is 22.9 Å². The van der Waals surface area contributed by atoms with Crippen molar-refractivity contribution in [2.45, 2.75) is 39.2 Å². The molecule has 2 N–H and O–H groups in total. The van der Waals surface area contributed by atoms with Crippen LogP contribution in [0, 0.1) is 4.64 Å². The summed E-state index contributed by atoms with van der Waals surface area (Å²) in [4.78, 5) is 7.34. The third-order valence-corrected chi connectivity index (χ3v) is 2.63. The second kappa shape index (κ2) is 8.20. The van der Waals surface area contributed by atoms with Gasteiger partial charge in [-0.25, -0.2) is 4.98 Å². The molecule has 0 aliphatic heterocycles. The van der Waals surface area contributed by atoms with Gasteiger partial charge in [0.25, 0.3) is 0 Å². The molecule has 4 nitrogen and oxygen atoms in total. The quantitative estimate of drug-likeness (QED) is 0.553. The van der Waals surface area contributed by atoms with E-state index in [1.54, 1.807) is 7.11 Å². The minimum absolute atomic E-state index is 0.453. The van der Waals surface area contributed by atoms with Crippen molar-refractivity contribution < 1.29 is 4.74 Å². The van der Waals surface area contributed by atoms with E-state index in [0.29, 0.717) is 11.2 Å². The highest BCUT2D eigenvalue weighted by Gasteiger charge is 1.98. The van der Waals surface area contributed by atoms with Crippen LogP contribution in [0.2, 0.25) is 0 Å². The van der Waals surface area contributed by atoms with Gasteiger partial charge in [-0.1, -0.05) is 38.4 Å². The highest BCUT2D eigenvalue weighted by molar-refractivity contribution is 7.71. The monoisotopic (exact) mass is 255 g/mol. The Kier molecular flexibility index (Phi) is 6.81. The number of unbranched alkanes of at least 4 members (excludes halogenated alkanes) is 3. The zero-order valence-corrected chi connectivity index (χ0v) is 11.4. The number of aromatic amines is 1. The van der Waals surface area contributed by atoms with Gasteiger partial charge in [-0.15, -0.1) is 0 Å². The highest BCUT2D eigenvalue weighted by atomic mass is 32.1. The molecule has 0 atom stereocenters. The largest absolute Gasteiger partial charge is 0.377 e. The van der Waals surface area contributed by atoms with Crippen LogP contribution in [-0.4, -0.2) is 23.6 Å². The fourth-order valence-corrected chi connectivity index (χ4v) is 1.81. The lowest BCUT2D eigenvalue weighted by Crippen LogP contribution is -2.06. The Balaban J connectivity index is 2.44. The number of aromatic nitrogens is 2. The predicted octanol–water partition coefficient (Wildman–Crippen LogP) is 3.28. The van der Waals surface area contributed by atoms with Gasteiger partial charge in [-0.2, -0.15) is 0 Å². The van der Waals surface area contributed by atoms with Crippen molar-refractivity contribution in [1.29, 1.82) is 0 Å². The van der Waals surface area contributed by atoms with E-state index in [4.69, 9.17) is 17.0 Å². The van der Waals surface area contributed by atoms with Gasteiger partial charge < -0.3 is 15.0 Å². The van der Waals surface area contributed by atoms with E-state index in [9.17, 15) is 0 Å². The lowest BCUT2D eigenvalue weighted by molar-refractivity contribution is 0.178. The van der Waals surface area contributed by atoms with Gasteiger partial charge in [0.05, 0.1) is 0 Å². The van der Waals surface area contributed by atoms with Gasteiger partial charge in [0.15, 0.2) is 0 Å². The van der Waals surface area contributed by atoms with E-state index in [2.05, 4.69) is 22.2 Å². The molecule has 96 valence electrons. The van der Waals surface area contributed by atoms with Crippen LogP contribution in [0.25, 0.3) is 0 Å². The van der Waals surface area contributed by atoms with Gasteiger partial charge >= 0.3 is 0 Å². The van der Waals surface area contributed by atoms with Gasteiger partial charge in [-0.3, -0.25) is 0 Å². The molecule has 0 saturated carbocycles. The minimum Gasteiger partial charge on any atom is -0.377 e. The van der Waals surface area contributed by atoms with Crippen LogP contribution in [0.5, 0.6) is 0 Å². The number of hydrogen-bond donors (Lipinski definition) is 2. The summed E-state index contributed by atoms with van der Waals surface area (Å²) in [5, 5.41) is 3.33. The van der Waals surface area contributed by atoms with E-state index in [1.807, 2.05) is 6.07 Å². The van der Waals surface area contributed by atoms with E-state index in [-0.39, 0.29) is 0 Å². The molecular formula is C12H21N3OS. The summed E-state index contributed by atoms with van der Waals surface area (Å²) in [6, 6.07) is 1.84. The molecule has 5 heteroatoms. The van der Waals surface area contributed by atoms with E-state index < -0.39 is 0 Å². The average molecular weight is 255 g/mol. The first kappa shape index (κ1) is 14.1. The molecule has 0 aliphatic carbocycles. The van der Waals surface area contributed by atoms with E-state index >= 15 is 0 Å². The number of H-pyrrole nitrogens is 1. The van der Waals surface area contributed by atoms with E-state index in [1.165, 1.54) is 25.7 Å². The summed E-state index contributed by atoms with van der Waals surface area (Å²) in [6.45, 7) is 3.63. The number of anilines is 1. The van der Waals surface area contributed by atoms with Crippen LogP contribution < -0.4 is 5.32 Å². The molecule has 0 bridgehead atoms. The van der Waals surface area contributed by atoms with Crippen LogP contribution in [0.3, 0.4) is 0 Å². The molecule has 0 saturated heterocycles. The van der Waals surface area contributed by atoms with Crippen LogP contribution in [0.1, 0.15) is 38.4 Å². The standard InChI is InChI=1S/C12H21N3OS/c1-3-4-5-6-7-13-10-8-12(17)15-11(14-10)9-16-2/h8H,3-7,9H2,1-2H3,(H2,13,14,15,17).